The van der Waals surface area contributed by atoms with Crippen molar-refractivity contribution in [2.75, 3.05) is 0 Å². The van der Waals surface area contributed by atoms with Gasteiger partial charge in [0.2, 0.25) is 5.91 Å². The fraction of sp³-hybridized carbons (Fsp3) is 0.278. The Morgan fingerprint density at radius 2 is 2.15 bits per heavy atom. The number of aromatic nitrogens is 3. The third kappa shape index (κ3) is 4.94. The van der Waals surface area contributed by atoms with Crippen LogP contribution in [-0.4, -0.2) is 20.4 Å². The molecule has 1 amide bonds. The predicted molar refractivity (Wildman–Crippen MR) is 96.0 cm³/mol. The Morgan fingerprint density at radius 3 is 2.85 bits per heavy atom. The molecule has 2 heterocycles. The summed E-state index contributed by atoms with van der Waals surface area (Å²) in [5, 5.41) is 5.38. The maximum Gasteiger partial charge on any atom is 0.416 e. The highest BCUT2D eigenvalue weighted by molar-refractivity contribution is 7.13. The standard InChI is InChI=1S/C18H17F3N4OS/c1-2-14-10-27-17(24-14)15-8-25(11-23-15)9-16(26)22-7-12-4-3-5-13(6-12)18(19,20)21/h3-6,8,10-11H,2,7,9H2,1H3,(H,22,26). The van der Waals surface area contributed by atoms with Crippen LogP contribution in [0.5, 0.6) is 0 Å². The molecular formula is C18H17F3N4OS. The number of carbonyl (C=O) groups is 1. The number of amides is 1. The van der Waals surface area contributed by atoms with Gasteiger partial charge in [-0.05, 0) is 24.1 Å². The molecule has 0 saturated heterocycles. The highest BCUT2D eigenvalue weighted by Gasteiger charge is 2.30. The molecule has 27 heavy (non-hydrogen) atoms. The summed E-state index contributed by atoms with van der Waals surface area (Å²) in [5.74, 6) is -0.315. The van der Waals surface area contributed by atoms with Gasteiger partial charge in [-0.2, -0.15) is 13.2 Å². The first-order valence-electron chi connectivity index (χ1n) is 8.24. The van der Waals surface area contributed by atoms with Crippen LogP contribution >= 0.6 is 11.3 Å². The number of nitrogens with one attached hydrogen (secondary N) is 1. The summed E-state index contributed by atoms with van der Waals surface area (Å²) in [4.78, 5) is 20.8. The number of alkyl halides is 3. The Morgan fingerprint density at radius 1 is 1.33 bits per heavy atom. The summed E-state index contributed by atoms with van der Waals surface area (Å²) in [5.41, 5.74) is 1.33. The maximum absolute atomic E-state index is 12.7. The lowest BCUT2D eigenvalue weighted by Gasteiger charge is -2.09. The van der Waals surface area contributed by atoms with Gasteiger partial charge in [-0.1, -0.05) is 19.1 Å². The molecule has 0 aliphatic heterocycles. The Balaban J connectivity index is 1.57. The maximum atomic E-state index is 12.7. The first-order chi connectivity index (χ1) is 12.8. The molecule has 0 aliphatic carbocycles. The van der Waals surface area contributed by atoms with Crippen LogP contribution < -0.4 is 5.32 Å². The third-order valence-electron chi connectivity index (χ3n) is 3.84. The molecule has 0 bridgehead atoms. The number of hydrogen-bond acceptors (Lipinski definition) is 4. The van der Waals surface area contributed by atoms with Crippen LogP contribution in [0.1, 0.15) is 23.7 Å². The van der Waals surface area contributed by atoms with E-state index >= 15 is 0 Å². The van der Waals surface area contributed by atoms with Crippen LogP contribution in [0.3, 0.4) is 0 Å². The van der Waals surface area contributed by atoms with E-state index in [0.717, 1.165) is 29.3 Å². The minimum Gasteiger partial charge on any atom is -0.350 e. The van der Waals surface area contributed by atoms with Crippen LogP contribution in [0, 0.1) is 0 Å². The van der Waals surface area contributed by atoms with E-state index in [4.69, 9.17) is 0 Å². The lowest BCUT2D eigenvalue weighted by atomic mass is 10.1. The van der Waals surface area contributed by atoms with Gasteiger partial charge in [0.15, 0.2) is 0 Å². The monoisotopic (exact) mass is 394 g/mol. The average Bonchev–Trinajstić information content (AvgIpc) is 3.28. The second-order valence-electron chi connectivity index (χ2n) is 5.90. The van der Waals surface area contributed by atoms with Gasteiger partial charge in [0.25, 0.3) is 0 Å². The number of hydrogen-bond donors (Lipinski definition) is 1. The van der Waals surface area contributed by atoms with Crippen molar-refractivity contribution < 1.29 is 18.0 Å². The van der Waals surface area contributed by atoms with Crippen molar-refractivity contribution in [1.29, 1.82) is 0 Å². The summed E-state index contributed by atoms with van der Waals surface area (Å²) in [6.45, 7) is 2.07. The van der Waals surface area contributed by atoms with E-state index in [0.29, 0.717) is 11.3 Å². The number of imidazole rings is 1. The first-order valence-corrected chi connectivity index (χ1v) is 9.12. The molecule has 0 unspecified atom stereocenters. The quantitative estimate of drug-likeness (QED) is 0.690. The summed E-state index contributed by atoms with van der Waals surface area (Å²) < 4.78 is 39.8. The van der Waals surface area contributed by atoms with Gasteiger partial charge in [-0.25, -0.2) is 9.97 Å². The van der Waals surface area contributed by atoms with E-state index in [-0.39, 0.29) is 19.0 Å². The second kappa shape index (κ2) is 7.91. The zero-order valence-electron chi connectivity index (χ0n) is 14.5. The molecule has 3 rings (SSSR count). The van der Waals surface area contributed by atoms with Gasteiger partial charge >= 0.3 is 6.18 Å². The van der Waals surface area contributed by atoms with E-state index in [1.165, 1.54) is 23.7 Å². The van der Waals surface area contributed by atoms with Gasteiger partial charge in [-0.3, -0.25) is 4.79 Å². The lowest BCUT2D eigenvalue weighted by Crippen LogP contribution is -2.26. The number of halogens is 3. The van der Waals surface area contributed by atoms with Crippen LogP contribution in [0.2, 0.25) is 0 Å². The Hall–Kier alpha value is -2.68. The molecule has 0 saturated carbocycles. The molecule has 3 aromatic rings. The molecule has 0 atom stereocenters. The second-order valence-corrected chi connectivity index (χ2v) is 6.76. The van der Waals surface area contributed by atoms with Crippen LogP contribution in [0.4, 0.5) is 13.2 Å². The molecule has 1 aromatic carbocycles. The predicted octanol–water partition coefficient (Wildman–Crippen LogP) is 3.90. The van der Waals surface area contributed by atoms with E-state index in [1.54, 1.807) is 16.8 Å². The minimum absolute atomic E-state index is 0.0245. The van der Waals surface area contributed by atoms with Crippen molar-refractivity contribution >= 4 is 17.2 Å². The summed E-state index contributed by atoms with van der Waals surface area (Å²) in [6.07, 6.45) is -0.301. The van der Waals surface area contributed by atoms with Gasteiger partial charge in [-0.15, -0.1) is 11.3 Å². The SMILES string of the molecule is CCc1csc(-c2cn(CC(=O)NCc3cccc(C(F)(F)F)c3)cn2)n1. The number of carbonyl (C=O) groups excluding carboxylic acids is 1. The van der Waals surface area contributed by atoms with Crippen molar-refractivity contribution in [3.05, 3.63) is 59.0 Å². The molecule has 0 spiro atoms. The van der Waals surface area contributed by atoms with Gasteiger partial charge < -0.3 is 9.88 Å². The Kier molecular flexibility index (Phi) is 5.59. The fourth-order valence-corrected chi connectivity index (χ4v) is 3.29. The molecule has 0 aliphatic rings. The lowest BCUT2D eigenvalue weighted by molar-refractivity contribution is -0.137. The highest BCUT2D eigenvalue weighted by Crippen LogP contribution is 2.29. The number of rotatable bonds is 6. The molecule has 142 valence electrons. The average molecular weight is 394 g/mol. The zero-order valence-corrected chi connectivity index (χ0v) is 15.3. The molecular weight excluding hydrogens is 377 g/mol. The Labute approximate surface area is 157 Å². The molecule has 0 fully saturated rings. The Bertz CT molecular complexity index is 933. The van der Waals surface area contributed by atoms with Crippen molar-refractivity contribution in [2.45, 2.75) is 32.6 Å². The first kappa shape index (κ1) is 19.1. The van der Waals surface area contributed by atoms with E-state index < -0.39 is 11.7 Å². The van der Waals surface area contributed by atoms with E-state index in [9.17, 15) is 18.0 Å². The van der Waals surface area contributed by atoms with Crippen molar-refractivity contribution in [1.82, 2.24) is 19.9 Å². The molecule has 0 radical (unpaired) electrons. The topological polar surface area (TPSA) is 59.8 Å². The fourth-order valence-electron chi connectivity index (χ4n) is 2.42. The van der Waals surface area contributed by atoms with Crippen molar-refractivity contribution in [2.24, 2.45) is 0 Å². The highest BCUT2D eigenvalue weighted by atomic mass is 32.1. The van der Waals surface area contributed by atoms with E-state index in [2.05, 4.69) is 15.3 Å². The van der Waals surface area contributed by atoms with Crippen LogP contribution in [0.25, 0.3) is 10.7 Å². The van der Waals surface area contributed by atoms with Crippen molar-refractivity contribution in [3.8, 4) is 10.7 Å². The molecule has 2 aromatic heterocycles. The minimum atomic E-state index is -4.40. The summed E-state index contributed by atoms with van der Waals surface area (Å²) in [6, 6.07) is 4.90. The third-order valence-corrected chi connectivity index (χ3v) is 4.75. The van der Waals surface area contributed by atoms with Gasteiger partial charge in [0.1, 0.15) is 17.2 Å². The number of benzene rings is 1. The summed E-state index contributed by atoms with van der Waals surface area (Å²) >= 11 is 1.49. The largest absolute Gasteiger partial charge is 0.416 e. The normalized spacial score (nSPS) is 11.6. The molecule has 1 N–H and O–H groups in total. The van der Waals surface area contributed by atoms with E-state index in [1.807, 2.05) is 12.3 Å². The zero-order chi connectivity index (χ0) is 19.4. The van der Waals surface area contributed by atoms with Gasteiger partial charge in [0, 0.05) is 18.1 Å². The van der Waals surface area contributed by atoms with Crippen LogP contribution in [0.15, 0.2) is 42.2 Å². The molecule has 5 nitrogen and oxygen atoms in total. The number of nitrogens with zero attached hydrogens (tertiary/aromatic N) is 3. The smallest absolute Gasteiger partial charge is 0.350 e. The van der Waals surface area contributed by atoms with Crippen LogP contribution in [-0.2, 0) is 30.5 Å². The van der Waals surface area contributed by atoms with Gasteiger partial charge in [0.05, 0.1) is 17.6 Å². The van der Waals surface area contributed by atoms with Crippen molar-refractivity contribution in [3.63, 3.8) is 0 Å². The molecule has 9 heteroatoms. The summed E-state index contributed by atoms with van der Waals surface area (Å²) in [7, 11) is 0. The number of aryl methyl sites for hydroxylation is 1. The number of thiazole rings is 1.